The Morgan fingerprint density at radius 1 is 1.20 bits per heavy atom. The van der Waals surface area contributed by atoms with Gasteiger partial charge in [-0.15, -0.1) is 6.58 Å². The van der Waals surface area contributed by atoms with Crippen LogP contribution < -0.4 is 10.1 Å². The molecular weight excluding hydrogens is 312 g/mol. The van der Waals surface area contributed by atoms with Crippen LogP contribution in [0.1, 0.15) is 21.5 Å². The van der Waals surface area contributed by atoms with Crippen LogP contribution >= 0.6 is 0 Å². The smallest absolute Gasteiger partial charge is 0.252 e. The van der Waals surface area contributed by atoms with Crippen LogP contribution in [-0.4, -0.2) is 17.4 Å². The van der Waals surface area contributed by atoms with Crippen LogP contribution in [0, 0.1) is 6.92 Å². The van der Waals surface area contributed by atoms with Crippen molar-refractivity contribution in [2.24, 2.45) is 0 Å². The van der Waals surface area contributed by atoms with Gasteiger partial charge in [-0.1, -0.05) is 54.1 Å². The van der Waals surface area contributed by atoms with Crippen LogP contribution in [0.2, 0.25) is 0 Å². The normalized spacial score (nSPS) is 10.4. The van der Waals surface area contributed by atoms with E-state index in [4.69, 9.17) is 4.74 Å². The van der Waals surface area contributed by atoms with Crippen LogP contribution in [0.25, 0.3) is 10.9 Å². The number of pyridine rings is 1. The summed E-state index contributed by atoms with van der Waals surface area (Å²) in [6.45, 7) is 6.48. The van der Waals surface area contributed by atoms with Gasteiger partial charge in [-0.2, -0.15) is 0 Å². The number of aromatic nitrogens is 1. The number of nitrogens with zero attached hydrogens (tertiary/aromatic N) is 1. The van der Waals surface area contributed by atoms with E-state index >= 15 is 0 Å². The molecule has 25 heavy (non-hydrogen) atoms. The lowest BCUT2D eigenvalue weighted by Crippen LogP contribution is -2.23. The van der Waals surface area contributed by atoms with Crippen LogP contribution in [0.5, 0.6) is 5.88 Å². The summed E-state index contributed by atoms with van der Waals surface area (Å²) in [6.07, 6.45) is 1.65. The second-order valence-electron chi connectivity index (χ2n) is 5.80. The molecule has 0 saturated heterocycles. The largest absolute Gasteiger partial charge is 0.473 e. The van der Waals surface area contributed by atoms with Gasteiger partial charge in [0.1, 0.15) is 6.61 Å². The van der Waals surface area contributed by atoms with Crippen LogP contribution in [0.4, 0.5) is 0 Å². The van der Waals surface area contributed by atoms with Crippen molar-refractivity contribution in [1.29, 1.82) is 0 Å². The van der Waals surface area contributed by atoms with Crippen molar-refractivity contribution in [2.45, 2.75) is 13.5 Å². The molecule has 0 aliphatic rings. The van der Waals surface area contributed by atoms with Gasteiger partial charge in [-0.3, -0.25) is 4.79 Å². The minimum absolute atomic E-state index is 0.168. The molecule has 0 unspecified atom stereocenters. The van der Waals surface area contributed by atoms with Crippen molar-refractivity contribution in [2.75, 3.05) is 6.54 Å². The summed E-state index contributed by atoms with van der Waals surface area (Å²) < 4.78 is 5.82. The van der Waals surface area contributed by atoms with Gasteiger partial charge in [-0.25, -0.2) is 4.98 Å². The van der Waals surface area contributed by atoms with E-state index in [0.717, 1.165) is 16.5 Å². The van der Waals surface area contributed by atoms with Crippen molar-refractivity contribution in [3.8, 4) is 5.88 Å². The van der Waals surface area contributed by atoms with E-state index in [9.17, 15) is 4.79 Å². The highest BCUT2D eigenvalue weighted by molar-refractivity contribution is 6.06. The van der Waals surface area contributed by atoms with Gasteiger partial charge in [0.25, 0.3) is 5.91 Å². The van der Waals surface area contributed by atoms with Crippen molar-refractivity contribution >= 4 is 16.8 Å². The Kier molecular flexibility index (Phi) is 5.09. The maximum absolute atomic E-state index is 12.4. The lowest BCUT2D eigenvalue weighted by molar-refractivity contribution is 0.0959. The minimum Gasteiger partial charge on any atom is -0.473 e. The fraction of sp³-hybridized carbons (Fsp3) is 0.143. The monoisotopic (exact) mass is 332 g/mol. The second kappa shape index (κ2) is 7.62. The third-order valence-corrected chi connectivity index (χ3v) is 3.85. The van der Waals surface area contributed by atoms with E-state index in [-0.39, 0.29) is 5.91 Å². The number of hydrogen-bond donors (Lipinski definition) is 1. The van der Waals surface area contributed by atoms with E-state index in [1.165, 1.54) is 5.56 Å². The number of para-hydroxylation sites is 1. The molecule has 0 saturated carbocycles. The predicted octanol–water partition coefficient (Wildman–Crippen LogP) is 4.04. The van der Waals surface area contributed by atoms with Crippen LogP contribution in [0.3, 0.4) is 0 Å². The summed E-state index contributed by atoms with van der Waals surface area (Å²) in [5.74, 6) is 0.265. The number of aryl methyl sites for hydroxylation is 1. The number of fused-ring (bicyclic) bond motifs is 1. The Morgan fingerprint density at radius 3 is 2.72 bits per heavy atom. The van der Waals surface area contributed by atoms with Gasteiger partial charge in [0.2, 0.25) is 5.88 Å². The summed E-state index contributed by atoms with van der Waals surface area (Å²) in [5, 5.41) is 3.61. The number of ether oxygens (including phenoxy) is 1. The topological polar surface area (TPSA) is 51.2 Å². The van der Waals surface area contributed by atoms with E-state index in [1.54, 1.807) is 12.1 Å². The van der Waals surface area contributed by atoms with E-state index in [0.29, 0.717) is 24.6 Å². The third-order valence-electron chi connectivity index (χ3n) is 3.85. The fourth-order valence-corrected chi connectivity index (χ4v) is 2.51. The zero-order valence-electron chi connectivity index (χ0n) is 14.2. The zero-order chi connectivity index (χ0) is 17.6. The molecule has 0 atom stereocenters. The number of benzene rings is 2. The van der Waals surface area contributed by atoms with E-state index in [2.05, 4.69) is 16.9 Å². The molecule has 3 aromatic rings. The number of carbonyl (C=O) groups is 1. The molecule has 0 fully saturated rings. The molecule has 126 valence electrons. The van der Waals surface area contributed by atoms with Crippen molar-refractivity contribution in [3.63, 3.8) is 0 Å². The fourth-order valence-electron chi connectivity index (χ4n) is 2.51. The van der Waals surface area contributed by atoms with E-state index in [1.807, 2.05) is 55.5 Å². The Labute approximate surface area is 147 Å². The van der Waals surface area contributed by atoms with Crippen LogP contribution in [-0.2, 0) is 6.61 Å². The molecule has 0 aliphatic carbocycles. The summed E-state index contributed by atoms with van der Waals surface area (Å²) in [6, 6.07) is 17.4. The number of rotatable bonds is 6. The van der Waals surface area contributed by atoms with Crippen molar-refractivity contribution < 1.29 is 9.53 Å². The lowest BCUT2D eigenvalue weighted by Gasteiger charge is -2.11. The maximum atomic E-state index is 12.4. The molecule has 1 heterocycles. The molecule has 4 heteroatoms. The quantitative estimate of drug-likeness (QED) is 0.693. The Hall–Kier alpha value is -3.14. The van der Waals surface area contributed by atoms with Crippen LogP contribution in [0.15, 0.2) is 67.3 Å². The molecule has 2 aromatic carbocycles. The first kappa shape index (κ1) is 16.7. The summed E-state index contributed by atoms with van der Waals surface area (Å²) in [5.41, 5.74) is 3.53. The molecule has 1 N–H and O–H groups in total. The highest BCUT2D eigenvalue weighted by Crippen LogP contribution is 2.22. The van der Waals surface area contributed by atoms with Gasteiger partial charge in [0, 0.05) is 18.0 Å². The standard InChI is InChI=1S/C21H20N2O2/c1-3-12-22-21(24)18-13-20(23-19-7-5-4-6-17(18)19)25-14-16-10-8-15(2)9-11-16/h3-11,13H,1,12,14H2,2H3,(H,22,24). The molecule has 0 bridgehead atoms. The zero-order valence-corrected chi connectivity index (χ0v) is 14.2. The van der Waals surface area contributed by atoms with E-state index < -0.39 is 0 Å². The average molecular weight is 332 g/mol. The van der Waals surface area contributed by atoms with Gasteiger partial charge in [0.05, 0.1) is 11.1 Å². The van der Waals surface area contributed by atoms with Crippen molar-refractivity contribution in [3.05, 3.63) is 83.9 Å². The first-order valence-corrected chi connectivity index (χ1v) is 8.14. The van der Waals surface area contributed by atoms with Gasteiger partial charge in [-0.05, 0) is 18.6 Å². The Morgan fingerprint density at radius 2 is 1.96 bits per heavy atom. The third kappa shape index (κ3) is 4.04. The van der Waals surface area contributed by atoms with Crippen molar-refractivity contribution in [1.82, 2.24) is 10.3 Å². The maximum Gasteiger partial charge on any atom is 0.252 e. The highest BCUT2D eigenvalue weighted by atomic mass is 16.5. The molecule has 1 amide bonds. The number of hydrogen-bond acceptors (Lipinski definition) is 3. The molecule has 4 nitrogen and oxygen atoms in total. The lowest BCUT2D eigenvalue weighted by atomic mass is 10.1. The number of amides is 1. The Balaban J connectivity index is 1.88. The average Bonchev–Trinajstić information content (AvgIpc) is 2.65. The molecular formula is C21H20N2O2. The Bertz CT molecular complexity index is 901. The first-order valence-electron chi connectivity index (χ1n) is 8.14. The predicted molar refractivity (Wildman–Crippen MR) is 99.8 cm³/mol. The van der Waals surface area contributed by atoms with Gasteiger partial charge < -0.3 is 10.1 Å². The summed E-state index contributed by atoms with van der Waals surface area (Å²) in [7, 11) is 0. The number of nitrogens with one attached hydrogen (secondary N) is 1. The highest BCUT2D eigenvalue weighted by Gasteiger charge is 2.13. The summed E-state index contributed by atoms with van der Waals surface area (Å²) >= 11 is 0. The number of carbonyl (C=O) groups excluding carboxylic acids is 1. The van der Waals surface area contributed by atoms with Gasteiger partial charge in [0.15, 0.2) is 0 Å². The molecule has 0 spiro atoms. The molecule has 3 rings (SSSR count). The van der Waals surface area contributed by atoms with Gasteiger partial charge >= 0.3 is 0 Å². The SMILES string of the molecule is C=CCNC(=O)c1cc(OCc2ccc(C)cc2)nc2ccccc12. The summed E-state index contributed by atoms with van der Waals surface area (Å²) in [4.78, 5) is 16.9. The first-order chi connectivity index (χ1) is 12.2. The minimum atomic E-state index is -0.168. The molecule has 0 aliphatic heterocycles. The second-order valence-corrected chi connectivity index (χ2v) is 5.80. The molecule has 1 aromatic heterocycles. The molecule has 0 radical (unpaired) electrons.